The standard InChI is InChI=1S/C27H39N7O3Si/c1-27(2,3)38(5,6)37-14-8-7-12-28-21-15-23(30-16-19(21)24(35)18-9-10-18)32-22-11-13-29-25(33-22)20-17-31-34(4)26(20)36/h11,13,15-18,36H,7-10,12,14H2,1-6H3,(H2,28,29,30,32,33). The van der Waals surface area contributed by atoms with Crippen molar-refractivity contribution in [1.82, 2.24) is 24.7 Å². The van der Waals surface area contributed by atoms with E-state index in [0.717, 1.165) is 44.5 Å². The molecule has 3 N–H and O–H groups in total. The number of hydrogen-bond acceptors (Lipinski definition) is 9. The van der Waals surface area contributed by atoms with Gasteiger partial charge in [-0.3, -0.25) is 4.79 Å². The van der Waals surface area contributed by atoms with Crippen molar-refractivity contribution < 1.29 is 14.3 Å². The molecule has 0 atom stereocenters. The van der Waals surface area contributed by atoms with Crippen molar-refractivity contribution in [1.29, 1.82) is 0 Å². The normalized spacial score (nSPS) is 13.9. The highest BCUT2D eigenvalue weighted by atomic mass is 28.4. The highest BCUT2D eigenvalue weighted by Gasteiger charge is 2.36. The van der Waals surface area contributed by atoms with Gasteiger partial charge in [0.15, 0.2) is 19.9 Å². The Morgan fingerprint density at radius 1 is 1.18 bits per heavy atom. The van der Waals surface area contributed by atoms with Gasteiger partial charge < -0.3 is 20.2 Å². The summed E-state index contributed by atoms with van der Waals surface area (Å²) >= 11 is 0. The highest BCUT2D eigenvalue weighted by molar-refractivity contribution is 6.74. The van der Waals surface area contributed by atoms with Crippen molar-refractivity contribution in [2.24, 2.45) is 13.0 Å². The fourth-order valence-electron chi connectivity index (χ4n) is 3.70. The smallest absolute Gasteiger partial charge is 0.220 e. The summed E-state index contributed by atoms with van der Waals surface area (Å²) in [6.45, 7) is 12.8. The molecule has 0 spiro atoms. The average molecular weight is 538 g/mol. The van der Waals surface area contributed by atoms with E-state index in [2.05, 4.69) is 64.5 Å². The predicted octanol–water partition coefficient (Wildman–Crippen LogP) is 5.53. The zero-order chi connectivity index (χ0) is 27.5. The van der Waals surface area contributed by atoms with E-state index < -0.39 is 8.32 Å². The summed E-state index contributed by atoms with van der Waals surface area (Å²) in [5, 5.41) is 21.1. The quantitative estimate of drug-likeness (QED) is 0.155. The molecule has 0 bridgehead atoms. The summed E-state index contributed by atoms with van der Waals surface area (Å²) in [7, 11) is -0.0974. The van der Waals surface area contributed by atoms with E-state index in [-0.39, 0.29) is 22.6 Å². The molecular weight excluding hydrogens is 498 g/mol. The molecule has 0 amide bonds. The fraction of sp³-hybridized carbons (Fsp3) is 0.519. The van der Waals surface area contributed by atoms with Gasteiger partial charge in [-0.25, -0.2) is 19.6 Å². The number of ketones is 1. The minimum absolute atomic E-state index is 0.00980. The first-order valence-electron chi connectivity index (χ1n) is 13.2. The van der Waals surface area contributed by atoms with Crippen molar-refractivity contribution in [3.8, 4) is 17.3 Å². The van der Waals surface area contributed by atoms with Crippen molar-refractivity contribution in [2.75, 3.05) is 23.8 Å². The van der Waals surface area contributed by atoms with Gasteiger partial charge >= 0.3 is 0 Å². The molecule has 1 aliphatic carbocycles. The van der Waals surface area contributed by atoms with Crippen LogP contribution in [0.5, 0.6) is 5.88 Å². The number of unbranched alkanes of at least 4 members (excludes halogenated alkanes) is 1. The van der Waals surface area contributed by atoms with Crippen LogP contribution in [0.15, 0.2) is 30.7 Å². The molecule has 1 fully saturated rings. The molecule has 38 heavy (non-hydrogen) atoms. The zero-order valence-corrected chi connectivity index (χ0v) is 24.2. The van der Waals surface area contributed by atoms with Gasteiger partial charge in [0, 0.05) is 44.6 Å². The van der Waals surface area contributed by atoms with Gasteiger partial charge in [0.1, 0.15) is 17.2 Å². The van der Waals surface area contributed by atoms with Crippen LogP contribution in [-0.4, -0.2) is 57.1 Å². The summed E-state index contributed by atoms with van der Waals surface area (Å²) in [6, 6.07) is 3.57. The Kier molecular flexibility index (Phi) is 8.17. The van der Waals surface area contributed by atoms with Crippen LogP contribution in [0.1, 0.15) is 56.8 Å². The monoisotopic (exact) mass is 537 g/mol. The van der Waals surface area contributed by atoms with Gasteiger partial charge in [-0.2, -0.15) is 5.10 Å². The number of nitrogens with one attached hydrogen (secondary N) is 2. The van der Waals surface area contributed by atoms with Crippen LogP contribution >= 0.6 is 0 Å². The second kappa shape index (κ2) is 11.2. The fourth-order valence-corrected chi connectivity index (χ4v) is 4.79. The van der Waals surface area contributed by atoms with E-state index in [9.17, 15) is 9.90 Å². The summed E-state index contributed by atoms with van der Waals surface area (Å²) in [4.78, 5) is 26.1. The molecule has 0 unspecified atom stereocenters. The van der Waals surface area contributed by atoms with Gasteiger partial charge in [-0.15, -0.1) is 0 Å². The highest BCUT2D eigenvalue weighted by Crippen LogP contribution is 2.37. The number of aromatic nitrogens is 5. The van der Waals surface area contributed by atoms with Crippen LogP contribution in [0.4, 0.5) is 17.3 Å². The maximum atomic E-state index is 12.9. The molecule has 10 nitrogen and oxygen atoms in total. The number of carbonyl (C=O) groups excluding carboxylic acids is 1. The van der Waals surface area contributed by atoms with Crippen molar-refractivity contribution in [2.45, 2.75) is 64.6 Å². The molecular formula is C27H39N7O3Si. The molecule has 1 aliphatic rings. The van der Waals surface area contributed by atoms with Crippen LogP contribution in [0, 0.1) is 5.92 Å². The lowest BCUT2D eigenvalue weighted by atomic mass is 10.1. The Morgan fingerprint density at radius 3 is 2.61 bits per heavy atom. The van der Waals surface area contributed by atoms with Crippen molar-refractivity contribution in [3.05, 3.63) is 36.3 Å². The molecule has 204 valence electrons. The number of rotatable bonds is 12. The lowest BCUT2D eigenvalue weighted by molar-refractivity contribution is 0.0968. The van der Waals surface area contributed by atoms with Crippen LogP contribution in [0.3, 0.4) is 0 Å². The predicted molar refractivity (Wildman–Crippen MR) is 151 cm³/mol. The Bertz CT molecular complexity index is 1280. The zero-order valence-electron chi connectivity index (χ0n) is 23.2. The molecule has 1 saturated carbocycles. The number of aryl methyl sites for hydroxylation is 1. The maximum Gasteiger partial charge on any atom is 0.220 e. The van der Waals surface area contributed by atoms with Gasteiger partial charge in [-0.1, -0.05) is 20.8 Å². The van der Waals surface area contributed by atoms with Crippen LogP contribution in [0.25, 0.3) is 11.4 Å². The molecule has 0 radical (unpaired) electrons. The first kappa shape index (κ1) is 27.7. The number of pyridine rings is 1. The number of nitrogens with zero attached hydrogens (tertiary/aromatic N) is 5. The summed E-state index contributed by atoms with van der Waals surface area (Å²) in [5.74, 6) is 1.65. The number of aromatic hydroxyl groups is 1. The Balaban J connectivity index is 1.42. The summed E-state index contributed by atoms with van der Waals surface area (Å²) < 4.78 is 7.64. The molecule has 11 heteroatoms. The van der Waals surface area contributed by atoms with Gasteiger partial charge in [0.25, 0.3) is 0 Å². The summed E-state index contributed by atoms with van der Waals surface area (Å²) in [5.41, 5.74) is 1.83. The minimum atomic E-state index is -1.74. The van der Waals surface area contributed by atoms with E-state index >= 15 is 0 Å². The SMILES string of the molecule is Cn1ncc(-c2nccc(Nc3cc(NCCCCO[Si](C)(C)C(C)(C)C)c(C(=O)C4CC4)cn3)n2)c1O. The van der Waals surface area contributed by atoms with E-state index in [4.69, 9.17) is 4.43 Å². The van der Waals surface area contributed by atoms with Gasteiger partial charge in [0.2, 0.25) is 5.88 Å². The van der Waals surface area contributed by atoms with E-state index in [1.165, 1.54) is 10.9 Å². The van der Waals surface area contributed by atoms with E-state index in [0.29, 0.717) is 28.6 Å². The second-order valence-corrected chi connectivity index (χ2v) is 16.2. The Morgan fingerprint density at radius 2 is 1.95 bits per heavy atom. The van der Waals surface area contributed by atoms with Crippen molar-refractivity contribution in [3.63, 3.8) is 0 Å². The maximum absolute atomic E-state index is 12.9. The molecule has 0 aromatic carbocycles. The first-order valence-corrected chi connectivity index (χ1v) is 16.1. The molecule has 3 aromatic heterocycles. The molecule has 3 heterocycles. The lowest BCUT2D eigenvalue weighted by Gasteiger charge is -2.36. The van der Waals surface area contributed by atoms with E-state index in [1.54, 1.807) is 25.5 Å². The average Bonchev–Trinajstić information content (AvgIpc) is 3.66. The van der Waals surface area contributed by atoms with Gasteiger partial charge in [-0.05, 0) is 49.9 Å². The Labute approximate surface area is 225 Å². The molecule has 4 rings (SSSR count). The Hall–Kier alpha value is -3.31. The van der Waals surface area contributed by atoms with Crippen LogP contribution < -0.4 is 10.6 Å². The third kappa shape index (κ3) is 6.57. The third-order valence-electron chi connectivity index (χ3n) is 7.33. The number of anilines is 3. The van der Waals surface area contributed by atoms with Gasteiger partial charge in [0.05, 0.1) is 17.4 Å². The number of carbonyl (C=O) groups is 1. The lowest BCUT2D eigenvalue weighted by Crippen LogP contribution is -2.41. The topological polar surface area (TPSA) is 127 Å². The minimum Gasteiger partial charge on any atom is -0.493 e. The largest absolute Gasteiger partial charge is 0.493 e. The third-order valence-corrected chi connectivity index (χ3v) is 11.9. The van der Waals surface area contributed by atoms with E-state index in [1.807, 2.05) is 6.07 Å². The molecule has 3 aromatic rings. The molecule has 0 aliphatic heterocycles. The number of hydrogen-bond donors (Lipinski definition) is 3. The van der Waals surface area contributed by atoms with Crippen LogP contribution in [0.2, 0.25) is 18.1 Å². The second-order valence-electron chi connectivity index (χ2n) is 11.4. The molecule has 0 saturated heterocycles. The van der Waals surface area contributed by atoms with Crippen molar-refractivity contribution >= 4 is 31.4 Å². The first-order chi connectivity index (χ1) is 18.0. The number of Topliss-reactive ketones (excluding diaryl/α,β-unsaturated/α-hetero) is 1. The van der Waals surface area contributed by atoms with Crippen LogP contribution in [-0.2, 0) is 11.5 Å². The summed E-state index contributed by atoms with van der Waals surface area (Å²) in [6.07, 6.45) is 8.52.